The minimum absolute atomic E-state index is 0.0682. The second-order valence-corrected chi connectivity index (χ2v) is 12.8. The predicted molar refractivity (Wildman–Crippen MR) is 143 cm³/mol. The molecule has 194 valence electrons. The normalized spacial score (nSPS) is 27.4. The number of halogens is 1. The van der Waals surface area contributed by atoms with E-state index in [-0.39, 0.29) is 23.4 Å². The highest BCUT2D eigenvalue weighted by atomic mass is 35.5. The molecule has 5 nitrogen and oxygen atoms in total. The number of nitrogens with zero attached hydrogens (tertiary/aromatic N) is 1. The molecule has 5 rings (SSSR count). The number of carbonyl (C=O) groups excluding carboxylic acids is 1. The van der Waals surface area contributed by atoms with E-state index in [0.717, 1.165) is 61.7 Å². The first kappa shape index (κ1) is 25.4. The Bertz CT molecular complexity index is 1150. The van der Waals surface area contributed by atoms with Crippen LogP contribution in [0.15, 0.2) is 36.4 Å². The highest BCUT2D eigenvalue weighted by molar-refractivity contribution is 6.30. The summed E-state index contributed by atoms with van der Waals surface area (Å²) in [6, 6.07) is 11.9. The van der Waals surface area contributed by atoms with Gasteiger partial charge in [-0.15, -0.1) is 0 Å². The SMILES string of the molecule is CC(C)(C)OC(=O)c1ccc2c(c1)N(C[C@H]1CC[C@@]1(C)CO)C[C@@]1(CCCc3cc(Cl)ccc31)CO2. The summed E-state index contributed by atoms with van der Waals surface area (Å²) in [5.74, 6) is 0.847. The van der Waals surface area contributed by atoms with E-state index >= 15 is 0 Å². The zero-order valence-electron chi connectivity index (χ0n) is 21.9. The second-order valence-electron chi connectivity index (χ2n) is 12.3. The molecule has 1 heterocycles. The van der Waals surface area contributed by atoms with Crippen LogP contribution in [0.2, 0.25) is 5.02 Å². The molecule has 3 atom stereocenters. The lowest BCUT2D eigenvalue weighted by molar-refractivity contribution is -0.00581. The first-order valence-electron chi connectivity index (χ1n) is 13.2. The maximum absolute atomic E-state index is 12.9. The molecule has 0 saturated heterocycles. The number of esters is 1. The number of hydrogen-bond acceptors (Lipinski definition) is 5. The van der Waals surface area contributed by atoms with Crippen molar-refractivity contribution < 1.29 is 19.4 Å². The van der Waals surface area contributed by atoms with Gasteiger partial charge in [0, 0.05) is 30.1 Å². The van der Waals surface area contributed by atoms with Crippen molar-refractivity contribution in [2.24, 2.45) is 11.3 Å². The van der Waals surface area contributed by atoms with Gasteiger partial charge in [0.05, 0.1) is 17.9 Å². The molecule has 1 spiro atoms. The largest absolute Gasteiger partial charge is 0.490 e. The lowest BCUT2D eigenvalue weighted by atomic mass is 9.61. The van der Waals surface area contributed by atoms with Crippen LogP contribution in [0.25, 0.3) is 0 Å². The van der Waals surface area contributed by atoms with Gasteiger partial charge in [-0.05, 0) is 106 Å². The topological polar surface area (TPSA) is 59.0 Å². The van der Waals surface area contributed by atoms with Crippen LogP contribution in [0, 0.1) is 11.3 Å². The first-order chi connectivity index (χ1) is 17.0. The van der Waals surface area contributed by atoms with E-state index in [1.807, 2.05) is 39.0 Å². The van der Waals surface area contributed by atoms with Crippen LogP contribution in [-0.2, 0) is 16.6 Å². The maximum Gasteiger partial charge on any atom is 0.338 e. The van der Waals surface area contributed by atoms with E-state index in [1.54, 1.807) is 6.07 Å². The summed E-state index contributed by atoms with van der Waals surface area (Å²) in [7, 11) is 0. The van der Waals surface area contributed by atoms with E-state index in [0.29, 0.717) is 18.1 Å². The lowest BCUT2D eigenvalue weighted by Crippen LogP contribution is -2.51. The van der Waals surface area contributed by atoms with Crippen LogP contribution in [-0.4, -0.2) is 43.0 Å². The molecule has 0 radical (unpaired) electrons. The fraction of sp³-hybridized carbons (Fsp3) is 0.567. The molecule has 6 heteroatoms. The molecule has 1 N–H and O–H groups in total. The molecule has 36 heavy (non-hydrogen) atoms. The Morgan fingerprint density at radius 1 is 1.22 bits per heavy atom. The number of anilines is 1. The lowest BCUT2D eigenvalue weighted by Gasteiger charge is -2.49. The summed E-state index contributed by atoms with van der Waals surface area (Å²) in [4.78, 5) is 15.4. The number of aliphatic hydroxyl groups is 1. The van der Waals surface area contributed by atoms with Gasteiger partial charge < -0.3 is 19.5 Å². The molecule has 0 aromatic heterocycles. The third-order valence-electron chi connectivity index (χ3n) is 8.52. The number of rotatable bonds is 4. The average Bonchev–Trinajstić information content (AvgIpc) is 2.97. The number of carbonyl (C=O) groups is 1. The molecule has 0 unspecified atom stereocenters. The van der Waals surface area contributed by atoms with Crippen LogP contribution in [0.3, 0.4) is 0 Å². The van der Waals surface area contributed by atoms with Gasteiger partial charge in [-0.2, -0.15) is 0 Å². The van der Waals surface area contributed by atoms with Gasteiger partial charge in [-0.25, -0.2) is 4.79 Å². The monoisotopic (exact) mass is 511 g/mol. The summed E-state index contributed by atoms with van der Waals surface area (Å²) in [6.07, 6.45) is 5.28. The Morgan fingerprint density at radius 2 is 2.03 bits per heavy atom. The van der Waals surface area contributed by atoms with E-state index in [9.17, 15) is 9.90 Å². The zero-order valence-corrected chi connectivity index (χ0v) is 22.7. The molecule has 0 bridgehead atoms. The quantitative estimate of drug-likeness (QED) is 0.497. The van der Waals surface area contributed by atoms with E-state index < -0.39 is 5.60 Å². The number of benzene rings is 2. The number of aliphatic hydroxyl groups excluding tert-OH is 1. The third kappa shape index (κ3) is 4.72. The minimum atomic E-state index is -0.563. The van der Waals surface area contributed by atoms with E-state index in [1.165, 1.54) is 11.1 Å². The van der Waals surface area contributed by atoms with Crippen molar-refractivity contribution in [3.05, 3.63) is 58.1 Å². The molecule has 0 amide bonds. The average molecular weight is 512 g/mol. The third-order valence-corrected chi connectivity index (χ3v) is 8.76. The number of fused-ring (bicyclic) bond motifs is 3. The Kier molecular flexibility index (Phi) is 6.53. The fourth-order valence-electron chi connectivity index (χ4n) is 6.21. The van der Waals surface area contributed by atoms with Gasteiger partial charge in [-0.1, -0.05) is 24.6 Å². The van der Waals surface area contributed by atoms with Gasteiger partial charge in [0.1, 0.15) is 11.4 Å². The van der Waals surface area contributed by atoms with E-state index in [4.69, 9.17) is 21.1 Å². The standard InChI is InChI=1S/C30H38ClNO4/c1-28(2,3)36-27(34)21-7-10-26-25(15-21)32(16-22-11-13-29(22,4)18-33)17-30(19-35-26)12-5-6-20-14-23(31)8-9-24(20)30/h7-10,14-15,22,33H,5-6,11-13,16-19H2,1-4H3/t22-,29+,30+/m1/s1. The highest BCUT2D eigenvalue weighted by Gasteiger charge is 2.46. The smallest absolute Gasteiger partial charge is 0.338 e. The molecule has 1 aliphatic heterocycles. The van der Waals surface area contributed by atoms with Crippen molar-refractivity contribution in [3.8, 4) is 5.75 Å². The molecule has 1 fully saturated rings. The Labute approximate surface area is 219 Å². The number of aryl methyl sites for hydroxylation is 1. The molecular formula is C30H38ClNO4. The van der Waals surface area contributed by atoms with Crippen molar-refractivity contribution in [3.63, 3.8) is 0 Å². The summed E-state index contributed by atoms with van der Waals surface area (Å²) in [5.41, 5.74) is 3.30. The van der Waals surface area contributed by atoms with E-state index in [2.05, 4.69) is 24.0 Å². The van der Waals surface area contributed by atoms with Crippen molar-refractivity contribution in [1.29, 1.82) is 0 Å². The molecule has 2 aromatic carbocycles. The van der Waals surface area contributed by atoms with Crippen LogP contribution < -0.4 is 9.64 Å². The van der Waals surface area contributed by atoms with Gasteiger partial charge in [-0.3, -0.25) is 0 Å². The molecule has 2 aromatic rings. The highest BCUT2D eigenvalue weighted by Crippen LogP contribution is 2.49. The first-order valence-corrected chi connectivity index (χ1v) is 13.5. The van der Waals surface area contributed by atoms with Gasteiger partial charge in [0.15, 0.2) is 0 Å². The molecule has 3 aliphatic rings. The maximum atomic E-state index is 12.9. The van der Waals surface area contributed by atoms with Crippen LogP contribution in [0.4, 0.5) is 5.69 Å². The van der Waals surface area contributed by atoms with Crippen molar-refractivity contribution in [1.82, 2.24) is 0 Å². The van der Waals surface area contributed by atoms with Crippen molar-refractivity contribution in [2.45, 2.75) is 70.8 Å². The van der Waals surface area contributed by atoms with Gasteiger partial charge in [0.2, 0.25) is 0 Å². The number of hydrogen-bond donors (Lipinski definition) is 1. The van der Waals surface area contributed by atoms with Gasteiger partial charge in [0.25, 0.3) is 0 Å². The molecule has 1 saturated carbocycles. The van der Waals surface area contributed by atoms with Crippen LogP contribution in [0.5, 0.6) is 5.75 Å². The van der Waals surface area contributed by atoms with Crippen LogP contribution >= 0.6 is 11.6 Å². The minimum Gasteiger partial charge on any atom is -0.490 e. The molecule has 2 aliphatic carbocycles. The van der Waals surface area contributed by atoms with Gasteiger partial charge >= 0.3 is 5.97 Å². The number of ether oxygens (including phenoxy) is 2. The predicted octanol–water partition coefficient (Wildman–Crippen LogP) is 6.18. The van der Waals surface area contributed by atoms with Crippen molar-refractivity contribution in [2.75, 3.05) is 31.2 Å². The Hall–Kier alpha value is -2.24. The second kappa shape index (κ2) is 9.25. The van der Waals surface area contributed by atoms with Crippen molar-refractivity contribution >= 4 is 23.3 Å². The summed E-state index contributed by atoms with van der Waals surface area (Å²) < 4.78 is 12.2. The summed E-state index contributed by atoms with van der Waals surface area (Å²) in [5, 5.41) is 10.9. The summed E-state index contributed by atoms with van der Waals surface area (Å²) in [6.45, 7) is 10.2. The Balaban J connectivity index is 1.54. The summed E-state index contributed by atoms with van der Waals surface area (Å²) >= 11 is 6.36. The zero-order chi connectivity index (χ0) is 25.7. The fourth-order valence-corrected chi connectivity index (χ4v) is 6.40. The Morgan fingerprint density at radius 3 is 2.72 bits per heavy atom. The van der Waals surface area contributed by atoms with Crippen LogP contribution in [0.1, 0.15) is 74.9 Å². The molecular weight excluding hydrogens is 474 g/mol.